The first kappa shape index (κ1) is 58.6. The Bertz CT molecular complexity index is 871. The van der Waals surface area contributed by atoms with Crippen molar-refractivity contribution in [3.63, 3.8) is 0 Å². The van der Waals surface area contributed by atoms with Crippen LogP contribution in [-0.2, 0) is 23.8 Å². The SMILES string of the molecule is CCCCCCCC/C=C\CCCCCCCCCCCCOCC(COC(=O)CCCCCCCCCCCCCCCCC)OC(=O)CCCCCCCCCCC. The van der Waals surface area contributed by atoms with E-state index >= 15 is 0 Å². The lowest BCUT2D eigenvalue weighted by atomic mass is 10.0. The van der Waals surface area contributed by atoms with Gasteiger partial charge in [0.15, 0.2) is 6.10 Å². The highest BCUT2D eigenvalue weighted by atomic mass is 16.6. The number of hydrogen-bond acceptors (Lipinski definition) is 5. The maximum Gasteiger partial charge on any atom is 0.306 e. The van der Waals surface area contributed by atoms with Gasteiger partial charge in [-0.2, -0.15) is 0 Å². The van der Waals surface area contributed by atoms with Crippen LogP contribution in [-0.4, -0.2) is 37.9 Å². The van der Waals surface area contributed by atoms with E-state index in [0.29, 0.717) is 26.1 Å². The van der Waals surface area contributed by atoms with Gasteiger partial charge in [-0.3, -0.25) is 9.59 Å². The van der Waals surface area contributed by atoms with E-state index < -0.39 is 6.10 Å². The molecule has 0 spiro atoms. The summed E-state index contributed by atoms with van der Waals surface area (Å²) >= 11 is 0. The zero-order valence-corrected chi connectivity index (χ0v) is 41.0. The molecule has 0 aromatic heterocycles. The minimum absolute atomic E-state index is 0.0943. The fourth-order valence-corrected chi connectivity index (χ4v) is 8.21. The number of hydrogen-bond donors (Lipinski definition) is 0. The summed E-state index contributed by atoms with van der Waals surface area (Å²) in [5, 5.41) is 0. The molecular formula is C55H106O5. The Balaban J connectivity index is 4.10. The zero-order chi connectivity index (χ0) is 43.5. The van der Waals surface area contributed by atoms with Crippen LogP contribution >= 0.6 is 0 Å². The van der Waals surface area contributed by atoms with Gasteiger partial charge in [0.05, 0.1) is 6.61 Å². The number of carbonyl (C=O) groups excluding carboxylic acids is 2. The normalized spacial score (nSPS) is 12.1. The lowest BCUT2D eigenvalue weighted by Crippen LogP contribution is -2.30. The van der Waals surface area contributed by atoms with Gasteiger partial charge >= 0.3 is 11.9 Å². The first-order valence-corrected chi connectivity index (χ1v) is 27.2. The van der Waals surface area contributed by atoms with Crippen molar-refractivity contribution in [2.75, 3.05) is 19.8 Å². The highest BCUT2D eigenvalue weighted by Crippen LogP contribution is 2.16. The van der Waals surface area contributed by atoms with Crippen molar-refractivity contribution in [1.29, 1.82) is 0 Å². The standard InChI is InChI=1S/C55H106O5/c1-4-7-10-13-16-19-21-23-25-26-27-28-29-31-33-35-38-41-44-47-50-58-51-53(60-55(57)49-46-43-40-36-18-15-12-9-6-3)52-59-54(56)48-45-42-39-37-34-32-30-24-22-20-17-14-11-8-5-2/h23,25,53H,4-22,24,26-52H2,1-3H3/b25-23-. The van der Waals surface area contributed by atoms with E-state index in [9.17, 15) is 9.59 Å². The molecule has 0 aliphatic heterocycles. The molecule has 0 saturated carbocycles. The van der Waals surface area contributed by atoms with Crippen molar-refractivity contribution >= 4 is 11.9 Å². The van der Waals surface area contributed by atoms with Crippen LogP contribution in [0.2, 0.25) is 0 Å². The van der Waals surface area contributed by atoms with Crippen LogP contribution in [0.4, 0.5) is 0 Å². The van der Waals surface area contributed by atoms with E-state index in [1.54, 1.807) is 0 Å². The van der Waals surface area contributed by atoms with E-state index in [-0.39, 0.29) is 18.5 Å². The van der Waals surface area contributed by atoms with Gasteiger partial charge in [-0.15, -0.1) is 0 Å². The molecular weight excluding hydrogens is 741 g/mol. The maximum atomic E-state index is 12.7. The van der Waals surface area contributed by atoms with Gasteiger partial charge in [0.1, 0.15) is 6.61 Å². The molecule has 0 N–H and O–H groups in total. The van der Waals surface area contributed by atoms with Crippen LogP contribution in [0.25, 0.3) is 0 Å². The highest BCUT2D eigenvalue weighted by molar-refractivity contribution is 5.70. The van der Waals surface area contributed by atoms with Crippen LogP contribution in [0, 0.1) is 0 Å². The van der Waals surface area contributed by atoms with E-state index in [1.165, 1.54) is 238 Å². The fourth-order valence-electron chi connectivity index (χ4n) is 8.21. The van der Waals surface area contributed by atoms with Gasteiger partial charge in [0.25, 0.3) is 0 Å². The molecule has 356 valence electrons. The van der Waals surface area contributed by atoms with Gasteiger partial charge in [0.2, 0.25) is 0 Å². The van der Waals surface area contributed by atoms with Gasteiger partial charge in [-0.25, -0.2) is 0 Å². The summed E-state index contributed by atoms with van der Waals surface area (Å²) < 4.78 is 17.4. The van der Waals surface area contributed by atoms with Gasteiger partial charge < -0.3 is 14.2 Å². The van der Waals surface area contributed by atoms with E-state index in [2.05, 4.69) is 32.9 Å². The molecule has 0 heterocycles. The number of carbonyl (C=O) groups is 2. The second-order valence-corrected chi connectivity index (χ2v) is 18.5. The van der Waals surface area contributed by atoms with Crippen molar-refractivity contribution < 1.29 is 23.8 Å². The molecule has 0 aromatic rings. The number of allylic oxidation sites excluding steroid dienone is 2. The lowest BCUT2D eigenvalue weighted by Gasteiger charge is -2.18. The lowest BCUT2D eigenvalue weighted by molar-refractivity contribution is -0.163. The zero-order valence-electron chi connectivity index (χ0n) is 41.0. The third-order valence-electron chi connectivity index (χ3n) is 12.3. The maximum absolute atomic E-state index is 12.7. The molecule has 5 heteroatoms. The van der Waals surface area contributed by atoms with Crippen LogP contribution in [0.1, 0.15) is 303 Å². The molecule has 0 aromatic carbocycles. The van der Waals surface area contributed by atoms with Crippen molar-refractivity contribution in [2.24, 2.45) is 0 Å². The Kier molecular flexibility index (Phi) is 50.8. The molecule has 0 aliphatic rings. The minimum Gasteiger partial charge on any atom is -0.462 e. The first-order valence-electron chi connectivity index (χ1n) is 27.2. The van der Waals surface area contributed by atoms with E-state index in [4.69, 9.17) is 14.2 Å². The largest absolute Gasteiger partial charge is 0.462 e. The van der Waals surface area contributed by atoms with Crippen LogP contribution in [0.15, 0.2) is 12.2 Å². The van der Waals surface area contributed by atoms with Crippen molar-refractivity contribution in [1.82, 2.24) is 0 Å². The van der Waals surface area contributed by atoms with Crippen molar-refractivity contribution in [3.8, 4) is 0 Å². The predicted octanol–water partition coefficient (Wildman–Crippen LogP) is 18.2. The molecule has 0 radical (unpaired) electrons. The number of unbranched alkanes of at least 4 members (excludes halogenated alkanes) is 38. The average molecular weight is 847 g/mol. The third-order valence-corrected chi connectivity index (χ3v) is 12.3. The van der Waals surface area contributed by atoms with Crippen molar-refractivity contribution in [2.45, 2.75) is 309 Å². The Hall–Kier alpha value is -1.36. The second kappa shape index (κ2) is 52.0. The Morgan fingerprint density at radius 2 is 0.650 bits per heavy atom. The summed E-state index contributed by atoms with van der Waals surface area (Å²) in [5.41, 5.74) is 0. The summed E-state index contributed by atoms with van der Waals surface area (Å²) in [5.74, 6) is -0.378. The van der Waals surface area contributed by atoms with Gasteiger partial charge in [0, 0.05) is 19.4 Å². The smallest absolute Gasteiger partial charge is 0.306 e. The summed E-state index contributed by atoms with van der Waals surface area (Å²) in [4.78, 5) is 25.3. The second-order valence-electron chi connectivity index (χ2n) is 18.5. The molecule has 0 fully saturated rings. The molecule has 0 rings (SSSR count). The molecule has 1 unspecified atom stereocenters. The number of ether oxygens (including phenoxy) is 3. The molecule has 60 heavy (non-hydrogen) atoms. The Labute approximate surface area is 375 Å². The number of rotatable bonds is 51. The average Bonchev–Trinajstić information content (AvgIpc) is 3.25. The van der Waals surface area contributed by atoms with E-state index in [1.807, 2.05) is 0 Å². The molecule has 1 atom stereocenters. The Morgan fingerprint density at radius 3 is 1.02 bits per heavy atom. The van der Waals surface area contributed by atoms with Crippen LogP contribution in [0.3, 0.4) is 0 Å². The monoisotopic (exact) mass is 847 g/mol. The van der Waals surface area contributed by atoms with Crippen molar-refractivity contribution in [3.05, 3.63) is 12.2 Å². The summed E-state index contributed by atoms with van der Waals surface area (Å²) in [6.07, 6.45) is 59.4. The summed E-state index contributed by atoms with van der Waals surface area (Å²) in [6.45, 7) is 7.87. The third kappa shape index (κ3) is 49.3. The number of esters is 2. The minimum atomic E-state index is -0.526. The topological polar surface area (TPSA) is 61.8 Å². The summed E-state index contributed by atoms with van der Waals surface area (Å²) in [7, 11) is 0. The van der Waals surface area contributed by atoms with Crippen LogP contribution in [0.5, 0.6) is 0 Å². The Morgan fingerprint density at radius 1 is 0.350 bits per heavy atom. The predicted molar refractivity (Wildman–Crippen MR) is 261 cm³/mol. The molecule has 5 nitrogen and oxygen atoms in total. The quantitative estimate of drug-likeness (QED) is 0.0347. The molecule has 0 amide bonds. The molecule has 0 aliphatic carbocycles. The fraction of sp³-hybridized carbons (Fsp3) is 0.927. The van der Waals surface area contributed by atoms with Gasteiger partial charge in [-0.1, -0.05) is 258 Å². The highest BCUT2D eigenvalue weighted by Gasteiger charge is 2.17. The molecule has 0 bridgehead atoms. The van der Waals surface area contributed by atoms with Crippen LogP contribution < -0.4 is 0 Å². The van der Waals surface area contributed by atoms with Gasteiger partial charge in [-0.05, 0) is 44.9 Å². The summed E-state index contributed by atoms with van der Waals surface area (Å²) in [6, 6.07) is 0. The first-order chi connectivity index (χ1) is 29.6. The van der Waals surface area contributed by atoms with E-state index in [0.717, 1.165) is 32.1 Å². The molecule has 0 saturated heterocycles.